The maximum atomic E-state index is 12.2. The SMILES string of the molecule is C=C(C#N)CNc1c(OC)ccc2ccc(-c3cc(NC(C)=O)cc(C(=O)NC)n3)cc12. The largest absolute Gasteiger partial charge is 0.495 e. The van der Waals surface area contributed by atoms with Crippen molar-refractivity contribution in [1.82, 2.24) is 10.3 Å². The number of nitrogens with zero attached hydrogens (tertiary/aromatic N) is 2. The topological polar surface area (TPSA) is 116 Å². The van der Waals surface area contributed by atoms with Gasteiger partial charge in [0.05, 0.1) is 24.6 Å². The highest BCUT2D eigenvalue weighted by Gasteiger charge is 2.14. The number of anilines is 2. The van der Waals surface area contributed by atoms with Crippen LogP contribution in [0.5, 0.6) is 5.75 Å². The van der Waals surface area contributed by atoms with Gasteiger partial charge >= 0.3 is 0 Å². The van der Waals surface area contributed by atoms with E-state index in [9.17, 15) is 9.59 Å². The predicted molar refractivity (Wildman–Crippen MR) is 125 cm³/mol. The maximum Gasteiger partial charge on any atom is 0.269 e. The second kappa shape index (κ2) is 9.62. The van der Waals surface area contributed by atoms with Crippen molar-refractivity contribution in [3.05, 3.63) is 60.3 Å². The Hall–Kier alpha value is -4.38. The molecule has 0 aliphatic rings. The van der Waals surface area contributed by atoms with Gasteiger partial charge in [0.2, 0.25) is 5.91 Å². The number of hydrogen-bond acceptors (Lipinski definition) is 6. The van der Waals surface area contributed by atoms with Crippen LogP contribution in [0, 0.1) is 11.3 Å². The summed E-state index contributed by atoms with van der Waals surface area (Å²) in [6.45, 7) is 5.38. The van der Waals surface area contributed by atoms with Gasteiger partial charge in [-0.05, 0) is 29.7 Å². The molecule has 32 heavy (non-hydrogen) atoms. The Morgan fingerprint density at radius 1 is 1.19 bits per heavy atom. The van der Waals surface area contributed by atoms with E-state index < -0.39 is 0 Å². The number of ether oxygens (including phenoxy) is 1. The standard InChI is InChI=1S/C24H23N5O3/c1-14(12-25)13-27-23-19-9-17(6-5-16(19)7-8-22(23)32-4)20-10-18(28-15(2)30)11-21(29-20)24(31)26-3/h5-11,27H,1,13H2,2-4H3,(H,26,31)(H,28,29,30). The summed E-state index contributed by atoms with van der Waals surface area (Å²) in [7, 11) is 3.09. The van der Waals surface area contributed by atoms with E-state index in [-0.39, 0.29) is 24.1 Å². The van der Waals surface area contributed by atoms with Gasteiger partial charge in [0.25, 0.3) is 5.91 Å². The number of fused-ring (bicyclic) bond motifs is 1. The molecular weight excluding hydrogens is 406 g/mol. The van der Waals surface area contributed by atoms with Crippen LogP contribution in [0.25, 0.3) is 22.0 Å². The molecular formula is C24H23N5O3. The highest BCUT2D eigenvalue weighted by molar-refractivity contribution is 6.00. The lowest BCUT2D eigenvalue weighted by atomic mass is 10.0. The summed E-state index contributed by atoms with van der Waals surface area (Å²) in [4.78, 5) is 28.3. The fourth-order valence-electron chi connectivity index (χ4n) is 3.24. The van der Waals surface area contributed by atoms with Gasteiger partial charge in [-0.15, -0.1) is 0 Å². The van der Waals surface area contributed by atoms with Gasteiger partial charge in [-0.3, -0.25) is 9.59 Å². The number of hydrogen-bond donors (Lipinski definition) is 3. The van der Waals surface area contributed by atoms with Crippen molar-refractivity contribution in [2.24, 2.45) is 0 Å². The van der Waals surface area contributed by atoms with E-state index in [1.807, 2.05) is 36.4 Å². The first-order valence-corrected chi connectivity index (χ1v) is 9.81. The Bertz CT molecular complexity index is 1260. The molecule has 0 atom stereocenters. The van der Waals surface area contributed by atoms with Crippen molar-refractivity contribution in [1.29, 1.82) is 5.26 Å². The molecule has 0 bridgehead atoms. The zero-order valence-corrected chi connectivity index (χ0v) is 18.1. The molecule has 0 aliphatic carbocycles. The minimum Gasteiger partial charge on any atom is -0.495 e. The van der Waals surface area contributed by atoms with Crippen LogP contribution >= 0.6 is 0 Å². The highest BCUT2D eigenvalue weighted by Crippen LogP contribution is 2.36. The van der Waals surface area contributed by atoms with Crippen molar-refractivity contribution in [2.45, 2.75) is 6.92 Å². The van der Waals surface area contributed by atoms with Gasteiger partial charge in [-0.25, -0.2) is 4.98 Å². The number of nitrogens with one attached hydrogen (secondary N) is 3. The summed E-state index contributed by atoms with van der Waals surface area (Å²) >= 11 is 0. The molecule has 3 N–H and O–H groups in total. The normalized spacial score (nSPS) is 10.2. The van der Waals surface area contributed by atoms with E-state index in [1.165, 1.54) is 20.0 Å². The third kappa shape index (κ3) is 4.84. The smallest absolute Gasteiger partial charge is 0.269 e. The number of pyridine rings is 1. The fourth-order valence-corrected chi connectivity index (χ4v) is 3.24. The van der Waals surface area contributed by atoms with Crippen molar-refractivity contribution in [3.8, 4) is 23.1 Å². The number of methoxy groups -OCH3 is 1. The average molecular weight is 429 g/mol. The second-order valence-electron chi connectivity index (χ2n) is 7.03. The molecule has 8 heteroatoms. The van der Waals surface area contributed by atoms with Crippen LogP contribution in [0.15, 0.2) is 54.6 Å². The summed E-state index contributed by atoms with van der Waals surface area (Å²) in [5, 5.41) is 19.3. The molecule has 0 saturated carbocycles. The molecule has 162 valence electrons. The molecule has 8 nitrogen and oxygen atoms in total. The molecule has 1 heterocycles. The zero-order chi connectivity index (χ0) is 23.3. The summed E-state index contributed by atoms with van der Waals surface area (Å²) < 4.78 is 5.50. The molecule has 1 aromatic heterocycles. The van der Waals surface area contributed by atoms with E-state index in [4.69, 9.17) is 10.00 Å². The predicted octanol–water partition coefficient (Wildman–Crippen LogP) is 3.72. The lowest BCUT2D eigenvalue weighted by Crippen LogP contribution is -2.20. The highest BCUT2D eigenvalue weighted by atomic mass is 16.5. The Labute approximate surface area is 185 Å². The van der Waals surface area contributed by atoms with Gasteiger partial charge in [0, 0.05) is 42.7 Å². The number of nitriles is 1. The summed E-state index contributed by atoms with van der Waals surface area (Å²) in [6, 6.07) is 14.8. The first-order valence-electron chi connectivity index (χ1n) is 9.81. The lowest BCUT2D eigenvalue weighted by Gasteiger charge is -2.15. The first kappa shape index (κ1) is 22.3. The third-order valence-electron chi connectivity index (χ3n) is 4.74. The van der Waals surface area contributed by atoms with Crippen LogP contribution in [0.4, 0.5) is 11.4 Å². The van der Waals surface area contributed by atoms with Crippen LogP contribution in [-0.4, -0.2) is 37.5 Å². The first-order chi connectivity index (χ1) is 15.4. The lowest BCUT2D eigenvalue weighted by molar-refractivity contribution is -0.114. The number of benzene rings is 2. The van der Waals surface area contributed by atoms with Crippen molar-refractivity contribution in [3.63, 3.8) is 0 Å². The van der Waals surface area contributed by atoms with Crippen LogP contribution in [0.3, 0.4) is 0 Å². The Morgan fingerprint density at radius 2 is 1.94 bits per heavy atom. The van der Waals surface area contributed by atoms with Crippen LogP contribution in [0.2, 0.25) is 0 Å². The fraction of sp³-hybridized carbons (Fsp3) is 0.167. The average Bonchev–Trinajstić information content (AvgIpc) is 2.80. The van der Waals surface area contributed by atoms with Crippen LogP contribution in [0.1, 0.15) is 17.4 Å². The van der Waals surface area contributed by atoms with Crippen molar-refractivity contribution >= 4 is 34.0 Å². The molecule has 0 radical (unpaired) electrons. The van der Waals surface area contributed by atoms with E-state index in [1.54, 1.807) is 13.2 Å². The van der Waals surface area contributed by atoms with Gasteiger partial charge in [0.15, 0.2) is 0 Å². The zero-order valence-electron chi connectivity index (χ0n) is 18.1. The van der Waals surface area contributed by atoms with Crippen molar-refractivity contribution in [2.75, 3.05) is 31.3 Å². The number of rotatable bonds is 7. The molecule has 2 aromatic carbocycles. The molecule has 0 unspecified atom stereocenters. The van der Waals surface area contributed by atoms with E-state index in [0.29, 0.717) is 28.4 Å². The minimum absolute atomic E-state index is 0.183. The van der Waals surface area contributed by atoms with E-state index >= 15 is 0 Å². The van der Waals surface area contributed by atoms with Crippen molar-refractivity contribution < 1.29 is 14.3 Å². The molecule has 3 rings (SSSR count). The monoisotopic (exact) mass is 429 g/mol. The molecule has 0 fully saturated rings. The number of carbonyl (C=O) groups is 2. The van der Waals surface area contributed by atoms with E-state index in [0.717, 1.165) is 16.3 Å². The molecule has 0 spiro atoms. The van der Waals surface area contributed by atoms with Gasteiger partial charge in [-0.1, -0.05) is 24.8 Å². The molecule has 3 aromatic rings. The quantitative estimate of drug-likeness (QED) is 0.493. The van der Waals surface area contributed by atoms with Gasteiger partial charge in [-0.2, -0.15) is 5.26 Å². The molecule has 2 amide bonds. The minimum atomic E-state index is -0.363. The van der Waals surface area contributed by atoms with Gasteiger partial charge in [0.1, 0.15) is 11.4 Å². The third-order valence-corrected chi connectivity index (χ3v) is 4.74. The Morgan fingerprint density at radius 3 is 2.59 bits per heavy atom. The number of carbonyl (C=O) groups excluding carboxylic acids is 2. The number of amides is 2. The Balaban J connectivity index is 2.16. The maximum absolute atomic E-state index is 12.2. The molecule has 0 saturated heterocycles. The van der Waals surface area contributed by atoms with Gasteiger partial charge < -0.3 is 20.7 Å². The Kier molecular flexibility index (Phi) is 6.71. The summed E-state index contributed by atoms with van der Waals surface area (Å²) in [5.41, 5.74) is 3.02. The van der Waals surface area contributed by atoms with Crippen LogP contribution in [-0.2, 0) is 4.79 Å². The number of aromatic nitrogens is 1. The molecule has 0 aliphatic heterocycles. The summed E-state index contributed by atoms with van der Waals surface area (Å²) in [5.74, 6) is 0.00198. The van der Waals surface area contributed by atoms with E-state index in [2.05, 4.69) is 27.5 Å². The summed E-state index contributed by atoms with van der Waals surface area (Å²) in [6.07, 6.45) is 0. The second-order valence-corrected chi connectivity index (χ2v) is 7.03. The van der Waals surface area contributed by atoms with Crippen LogP contribution < -0.4 is 20.7 Å².